The fourth-order valence-electron chi connectivity index (χ4n) is 2.95. The van der Waals surface area contributed by atoms with E-state index in [1.54, 1.807) is 0 Å². The van der Waals surface area contributed by atoms with Gasteiger partial charge in [0.05, 0.1) is 0 Å². The summed E-state index contributed by atoms with van der Waals surface area (Å²) in [5, 5.41) is 0. The van der Waals surface area contributed by atoms with Crippen LogP contribution in [0.3, 0.4) is 0 Å². The predicted molar refractivity (Wildman–Crippen MR) is 104 cm³/mol. The molecule has 24 heavy (non-hydrogen) atoms. The Bertz CT molecular complexity index is 906. The van der Waals surface area contributed by atoms with Crippen molar-refractivity contribution >= 4 is 14.5 Å². The Kier molecular flexibility index (Phi) is 4.46. The molecule has 1 heteroatoms. The van der Waals surface area contributed by atoms with E-state index in [1.807, 2.05) is 0 Å². The van der Waals surface area contributed by atoms with Gasteiger partial charge in [-0.05, 0) is 0 Å². The zero-order valence-electron chi connectivity index (χ0n) is 13.4. The molecule has 0 aliphatic heterocycles. The van der Waals surface area contributed by atoms with Crippen LogP contribution in [0, 0.1) is 0 Å². The van der Waals surface area contributed by atoms with Crippen molar-refractivity contribution < 1.29 is 0 Å². The van der Waals surface area contributed by atoms with Crippen LogP contribution < -0.4 is 0 Å². The summed E-state index contributed by atoms with van der Waals surface area (Å²) >= 11 is 0.354. The Balaban J connectivity index is 1.80. The minimum absolute atomic E-state index is 0.354. The molecule has 4 rings (SSSR count). The maximum atomic E-state index is 2.42. The molecule has 0 amide bonds. The van der Waals surface area contributed by atoms with Crippen molar-refractivity contribution in [2.75, 3.05) is 0 Å². The van der Waals surface area contributed by atoms with Gasteiger partial charge in [0.1, 0.15) is 0 Å². The van der Waals surface area contributed by atoms with E-state index in [1.165, 1.54) is 31.1 Å². The summed E-state index contributed by atoms with van der Waals surface area (Å²) < 4.78 is 3.00. The third-order valence-corrected chi connectivity index (χ3v) is 6.82. The number of hydrogen-bond donors (Lipinski definition) is 0. The topological polar surface area (TPSA) is 0 Å². The molecule has 116 valence electrons. The van der Waals surface area contributed by atoms with Crippen molar-refractivity contribution in [3.8, 4) is 20.0 Å². The van der Waals surface area contributed by atoms with Gasteiger partial charge < -0.3 is 0 Å². The number of rotatable bonds is 4. The first-order chi connectivity index (χ1) is 11.9. The van der Waals surface area contributed by atoms with E-state index in [0.29, 0.717) is 14.5 Å². The summed E-state index contributed by atoms with van der Waals surface area (Å²) in [6.07, 6.45) is 1.00. The van der Waals surface area contributed by atoms with Crippen LogP contribution >= 0.6 is 0 Å². The van der Waals surface area contributed by atoms with Gasteiger partial charge in [0.15, 0.2) is 0 Å². The van der Waals surface area contributed by atoms with Crippen LogP contribution in [0.5, 0.6) is 0 Å². The molecule has 0 spiro atoms. The Morgan fingerprint density at radius 1 is 0.583 bits per heavy atom. The van der Waals surface area contributed by atoms with Gasteiger partial charge in [0, 0.05) is 0 Å². The number of benzene rings is 3. The second-order valence-electron chi connectivity index (χ2n) is 5.86. The molecule has 0 aliphatic carbocycles. The molecule has 0 saturated carbocycles. The zero-order chi connectivity index (χ0) is 16.2. The molecule has 4 aromatic rings. The standard InChI is InChI=1S/C23H18Se/c1-4-10-18(11-5-1)16-21-17-22(19-12-6-2-7-13-19)24-23(21)20-14-8-3-9-15-20/h1-15,17H,16H2. The molecule has 0 aliphatic rings. The summed E-state index contributed by atoms with van der Waals surface area (Å²) in [5.74, 6) is 0. The third kappa shape index (κ3) is 3.28. The molecule has 0 nitrogen and oxygen atoms in total. The summed E-state index contributed by atoms with van der Waals surface area (Å²) in [6, 6.07) is 34.8. The van der Waals surface area contributed by atoms with Gasteiger partial charge in [-0.2, -0.15) is 0 Å². The molecule has 0 atom stereocenters. The van der Waals surface area contributed by atoms with Gasteiger partial charge in [-0.15, -0.1) is 0 Å². The van der Waals surface area contributed by atoms with Crippen LogP contribution in [0.1, 0.15) is 11.1 Å². The first kappa shape index (κ1) is 15.2. The van der Waals surface area contributed by atoms with Crippen molar-refractivity contribution in [3.05, 3.63) is 108 Å². The zero-order valence-corrected chi connectivity index (χ0v) is 15.1. The van der Waals surface area contributed by atoms with Gasteiger partial charge in [-0.25, -0.2) is 0 Å². The molecule has 1 aromatic heterocycles. The Morgan fingerprint density at radius 2 is 1.12 bits per heavy atom. The van der Waals surface area contributed by atoms with Crippen LogP contribution in [0.15, 0.2) is 97.1 Å². The van der Waals surface area contributed by atoms with Crippen LogP contribution in [0.2, 0.25) is 0 Å². The molecule has 3 aromatic carbocycles. The average molecular weight is 373 g/mol. The Hall–Kier alpha value is -2.34. The fraction of sp³-hybridized carbons (Fsp3) is 0.0435. The summed E-state index contributed by atoms with van der Waals surface area (Å²) in [7, 11) is 0. The normalized spacial score (nSPS) is 10.7. The van der Waals surface area contributed by atoms with Crippen molar-refractivity contribution in [2.24, 2.45) is 0 Å². The van der Waals surface area contributed by atoms with Crippen LogP contribution in [-0.4, -0.2) is 14.5 Å². The molecule has 0 fully saturated rings. The average Bonchev–Trinajstić information content (AvgIpc) is 3.08. The van der Waals surface area contributed by atoms with E-state index >= 15 is 0 Å². The predicted octanol–water partition coefficient (Wildman–Crippen LogP) is 5.67. The SMILES string of the molecule is c1ccc(Cc2cc(-c3ccccc3)[se]c2-c2ccccc2)cc1. The molecular formula is C23H18Se. The number of hydrogen-bond acceptors (Lipinski definition) is 0. The van der Waals surface area contributed by atoms with Gasteiger partial charge in [0.25, 0.3) is 0 Å². The van der Waals surface area contributed by atoms with Crippen molar-refractivity contribution in [1.29, 1.82) is 0 Å². The Morgan fingerprint density at radius 3 is 1.75 bits per heavy atom. The second-order valence-corrected chi connectivity index (χ2v) is 8.07. The molecule has 1 heterocycles. The van der Waals surface area contributed by atoms with Crippen molar-refractivity contribution in [1.82, 2.24) is 0 Å². The fourth-order valence-corrected chi connectivity index (χ4v) is 5.45. The Labute approximate surface area is 149 Å². The first-order valence-corrected chi connectivity index (χ1v) is 9.89. The second kappa shape index (κ2) is 7.05. The molecule has 0 radical (unpaired) electrons. The quantitative estimate of drug-likeness (QED) is 0.405. The van der Waals surface area contributed by atoms with Crippen molar-refractivity contribution in [3.63, 3.8) is 0 Å². The van der Waals surface area contributed by atoms with E-state index in [-0.39, 0.29) is 0 Å². The van der Waals surface area contributed by atoms with E-state index in [4.69, 9.17) is 0 Å². The summed E-state index contributed by atoms with van der Waals surface area (Å²) in [5.41, 5.74) is 5.56. The summed E-state index contributed by atoms with van der Waals surface area (Å²) in [4.78, 5) is 0. The molecule has 0 unspecified atom stereocenters. The molecule has 0 saturated heterocycles. The van der Waals surface area contributed by atoms with E-state index in [9.17, 15) is 0 Å². The van der Waals surface area contributed by atoms with Crippen LogP contribution in [0.25, 0.3) is 20.0 Å². The van der Waals surface area contributed by atoms with Gasteiger partial charge in [0.2, 0.25) is 0 Å². The van der Waals surface area contributed by atoms with Gasteiger partial charge >= 0.3 is 149 Å². The molecular weight excluding hydrogens is 355 g/mol. The van der Waals surface area contributed by atoms with Crippen molar-refractivity contribution in [2.45, 2.75) is 6.42 Å². The first-order valence-electron chi connectivity index (χ1n) is 8.17. The van der Waals surface area contributed by atoms with E-state index in [2.05, 4.69) is 97.1 Å². The van der Waals surface area contributed by atoms with E-state index < -0.39 is 0 Å². The van der Waals surface area contributed by atoms with Crippen LogP contribution in [0.4, 0.5) is 0 Å². The molecule has 0 bridgehead atoms. The molecule has 0 N–H and O–H groups in total. The van der Waals surface area contributed by atoms with Gasteiger partial charge in [-0.3, -0.25) is 0 Å². The van der Waals surface area contributed by atoms with Gasteiger partial charge in [-0.1, -0.05) is 0 Å². The maximum absolute atomic E-state index is 2.42. The summed E-state index contributed by atoms with van der Waals surface area (Å²) in [6.45, 7) is 0. The monoisotopic (exact) mass is 374 g/mol. The minimum atomic E-state index is 0.354. The van der Waals surface area contributed by atoms with Crippen LogP contribution in [-0.2, 0) is 6.42 Å². The van der Waals surface area contributed by atoms with E-state index in [0.717, 1.165) is 6.42 Å². The third-order valence-electron chi connectivity index (χ3n) is 4.14.